The summed E-state index contributed by atoms with van der Waals surface area (Å²) in [5.74, 6) is 1.08. The molecule has 0 atom stereocenters. The zero-order chi connectivity index (χ0) is 28.8. The summed E-state index contributed by atoms with van der Waals surface area (Å²) in [4.78, 5) is 16.7. The molecule has 1 aromatic rings. The number of benzene rings is 1. The third-order valence-corrected chi connectivity index (χ3v) is 5.70. The second kappa shape index (κ2) is 21.6. The van der Waals surface area contributed by atoms with Crippen LogP contribution >= 0.6 is 0 Å². The lowest BCUT2D eigenvalue weighted by Crippen LogP contribution is -2.39. The summed E-state index contributed by atoms with van der Waals surface area (Å²) in [5.41, 5.74) is 2.09. The van der Waals surface area contributed by atoms with Gasteiger partial charge in [-0.3, -0.25) is 4.90 Å². The minimum absolute atomic E-state index is 0.0686. The van der Waals surface area contributed by atoms with E-state index in [-0.39, 0.29) is 12.7 Å². The minimum Gasteiger partial charge on any atom is -0.494 e. The topological polar surface area (TPSA) is 62.2 Å². The molecular formula is C32H56N2O4. The molecule has 1 N–H and O–H groups in total. The van der Waals surface area contributed by atoms with Gasteiger partial charge in [0.15, 0.2) is 0 Å². The molecule has 38 heavy (non-hydrogen) atoms. The molecule has 0 aromatic heterocycles. The van der Waals surface area contributed by atoms with Crippen molar-refractivity contribution in [2.75, 3.05) is 39.3 Å². The Morgan fingerprint density at radius 1 is 0.974 bits per heavy atom. The van der Waals surface area contributed by atoms with Gasteiger partial charge >= 0.3 is 6.09 Å². The molecule has 0 saturated carbocycles. The standard InChI is InChI=1S/C28H44N2O4.2C2H6/c1-5-29(18-10-19-30(20-11-21-31)27(32)34-28(2,3)4)22-24-14-9-15-26(17-16-24)33-23-25-12-7-6-8-13-25;2*1-2/h6-8,12-14,17,31H,5,9-11,15-16,18-23H2,1-4H3;2*1-2H3. The molecule has 1 amide bonds. The Kier molecular flexibility index (Phi) is 20.3. The predicted molar refractivity (Wildman–Crippen MR) is 160 cm³/mol. The predicted octanol–water partition coefficient (Wildman–Crippen LogP) is 7.58. The van der Waals surface area contributed by atoms with E-state index in [0.29, 0.717) is 26.1 Å². The van der Waals surface area contributed by atoms with Gasteiger partial charge in [0.1, 0.15) is 12.2 Å². The Balaban J connectivity index is 0.00000326. The zero-order valence-corrected chi connectivity index (χ0v) is 25.6. The number of hydrogen-bond donors (Lipinski definition) is 1. The third kappa shape index (κ3) is 16.5. The van der Waals surface area contributed by atoms with Gasteiger partial charge in [-0.2, -0.15) is 0 Å². The van der Waals surface area contributed by atoms with Gasteiger partial charge < -0.3 is 19.5 Å². The minimum atomic E-state index is -0.521. The number of likely N-dealkylation sites (N-methyl/N-ethyl adjacent to an activating group) is 1. The van der Waals surface area contributed by atoms with Crippen LogP contribution in [0.2, 0.25) is 0 Å². The van der Waals surface area contributed by atoms with E-state index in [1.165, 1.54) is 11.1 Å². The van der Waals surface area contributed by atoms with Gasteiger partial charge in [-0.15, -0.1) is 0 Å². The number of carbonyl (C=O) groups is 1. The van der Waals surface area contributed by atoms with Crippen molar-refractivity contribution in [3.05, 3.63) is 59.4 Å². The lowest BCUT2D eigenvalue weighted by atomic mass is 10.1. The highest BCUT2D eigenvalue weighted by Gasteiger charge is 2.22. The maximum absolute atomic E-state index is 12.5. The molecule has 0 fully saturated rings. The lowest BCUT2D eigenvalue weighted by molar-refractivity contribution is 0.0234. The molecule has 0 saturated heterocycles. The van der Waals surface area contributed by atoms with Crippen LogP contribution in [0, 0.1) is 0 Å². The van der Waals surface area contributed by atoms with Gasteiger partial charge in [0.05, 0.1) is 5.76 Å². The van der Waals surface area contributed by atoms with Crippen molar-refractivity contribution in [2.45, 2.75) is 99.7 Å². The molecule has 0 radical (unpaired) electrons. The monoisotopic (exact) mass is 532 g/mol. The van der Waals surface area contributed by atoms with E-state index in [9.17, 15) is 9.90 Å². The smallest absolute Gasteiger partial charge is 0.410 e. The van der Waals surface area contributed by atoms with E-state index in [2.05, 4.69) is 36.1 Å². The number of ether oxygens (including phenoxy) is 2. The average molecular weight is 533 g/mol. The summed E-state index contributed by atoms with van der Waals surface area (Å²) in [6.45, 7) is 20.4. The van der Waals surface area contributed by atoms with E-state index in [1.807, 2.05) is 66.7 Å². The number of aliphatic hydroxyl groups excluding tert-OH is 1. The summed E-state index contributed by atoms with van der Waals surface area (Å²) >= 11 is 0. The number of rotatable bonds is 13. The van der Waals surface area contributed by atoms with Gasteiger partial charge in [0, 0.05) is 39.2 Å². The molecule has 1 aliphatic carbocycles. The van der Waals surface area contributed by atoms with Crippen LogP contribution in [0.3, 0.4) is 0 Å². The highest BCUT2D eigenvalue weighted by molar-refractivity contribution is 5.68. The van der Waals surface area contributed by atoms with Crippen LogP contribution in [0.5, 0.6) is 0 Å². The molecule has 0 heterocycles. The van der Waals surface area contributed by atoms with Gasteiger partial charge in [0.25, 0.3) is 0 Å². The molecule has 6 nitrogen and oxygen atoms in total. The van der Waals surface area contributed by atoms with Gasteiger partial charge in [-0.1, -0.05) is 76.6 Å². The maximum atomic E-state index is 12.5. The number of nitrogens with zero attached hydrogens (tertiary/aromatic N) is 2. The zero-order valence-electron chi connectivity index (χ0n) is 25.6. The summed E-state index contributed by atoms with van der Waals surface area (Å²) in [7, 11) is 0. The number of amides is 1. The number of allylic oxidation sites excluding steroid dienone is 3. The lowest BCUT2D eigenvalue weighted by Gasteiger charge is -2.28. The SMILES string of the molecule is CC.CC.CCN(CCCN(CCCO)C(=O)OC(C)(C)C)CC1=CCCC(OCc2ccccc2)=CC1. The Bertz CT molecular complexity index is 784. The van der Waals surface area contributed by atoms with Crippen LogP contribution in [0.25, 0.3) is 0 Å². The van der Waals surface area contributed by atoms with Crippen LogP contribution in [0.15, 0.2) is 53.8 Å². The Morgan fingerprint density at radius 3 is 2.24 bits per heavy atom. The first-order valence-electron chi connectivity index (χ1n) is 14.7. The van der Waals surface area contributed by atoms with Crippen molar-refractivity contribution in [3.63, 3.8) is 0 Å². The summed E-state index contributed by atoms with van der Waals surface area (Å²) in [6.07, 6.45) is 8.57. The number of hydrogen-bond acceptors (Lipinski definition) is 5. The fraction of sp³-hybridized carbons (Fsp3) is 0.656. The van der Waals surface area contributed by atoms with Gasteiger partial charge in [-0.05, 0) is 64.6 Å². The van der Waals surface area contributed by atoms with Crippen molar-refractivity contribution in [1.29, 1.82) is 0 Å². The Labute approximate surface area is 233 Å². The number of aliphatic hydroxyl groups is 1. The largest absolute Gasteiger partial charge is 0.494 e. The maximum Gasteiger partial charge on any atom is 0.410 e. The fourth-order valence-electron chi connectivity index (χ4n) is 3.86. The van der Waals surface area contributed by atoms with Crippen molar-refractivity contribution >= 4 is 6.09 Å². The molecule has 0 bridgehead atoms. The van der Waals surface area contributed by atoms with Gasteiger partial charge in [-0.25, -0.2) is 4.79 Å². The first kappa shape index (κ1) is 35.7. The molecule has 1 aliphatic rings. The van der Waals surface area contributed by atoms with E-state index in [0.717, 1.165) is 51.1 Å². The highest BCUT2D eigenvalue weighted by Crippen LogP contribution is 2.20. The van der Waals surface area contributed by atoms with Gasteiger partial charge in [0.2, 0.25) is 0 Å². The first-order chi connectivity index (χ1) is 18.3. The molecule has 2 rings (SSSR count). The van der Waals surface area contributed by atoms with E-state index < -0.39 is 5.60 Å². The molecule has 0 aliphatic heterocycles. The average Bonchev–Trinajstić information content (AvgIpc) is 3.15. The van der Waals surface area contributed by atoms with Crippen molar-refractivity contribution in [2.24, 2.45) is 0 Å². The first-order valence-corrected chi connectivity index (χ1v) is 14.7. The summed E-state index contributed by atoms with van der Waals surface area (Å²) < 4.78 is 11.6. The molecule has 1 aromatic carbocycles. The Hall–Kier alpha value is -2.31. The molecule has 218 valence electrons. The molecule has 0 spiro atoms. The van der Waals surface area contributed by atoms with Crippen molar-refractivity contribution < 1.29 is 19.4 Å². The fourth-order valence-corrected chi connectivity index (χ4v) is 3.86. The third-order valence-electron chi connectivity index (χ3n) is 5.70. The highest BCUT2D eigenvalue weighted by atomic mass is 16.6. The van der Waals surface area contributed by atoms with Crippen LogP contribution in [-0.4, -0.2) is 65.9 Å². The normalized spacial score (nSPS) is 13.1. The Morgan fingerprint density at radius 2 is 1.63 bits per heavy atom. The molecule has 0 unspecified atom stereocenters. The van der Waals surface area contributed by atoms with Crippen molar-refractivity contribution in [1.82, 2.24) is 9.80 Å². The second-order valence-electron chi connectivity index (χ2n) is 9.82. The van der Waals surface area contributed by atoms with Crippen LogP contribution in [0.1, 0.15) is 93.1 Å². The van der Waals surface area contributed by atoms with Crippen molar-refractivity contribution in [3.8, 4) is 0 Å². The molecule has 6 heteroatoms. The van der Waals surface area contributed by atoms with E-state index >= 15 is 0 Å². The summed E-state index contributed by atoms with van der Waals surface area (Å²) in [6, 6.07) is 10.3. The quantitative estimate of drug-likeness (QED) is 0.265. The van der Waals surface area contributed by atoms with Crippen LogP contribution in [-0.2, 0) is 16.1 Å². The van der Waals surface area contributed by atoms with Crippen LogP contribution < -0.4 is 0 Å². The molecular weight excluding hydrogens is 476 g/mol. The van der Waals surface area contributed by atoms with E-state index in [1.54, 1.807) is 4.90 Å². The van der Waals surface area contributed by atoms with Crippen LogP contribution in [0.4, 0.5) is 4.79 Å². The number of carbonyl (C=O) groups excluding carboxylic acids is 1. The second-order valence-corrected chi connectivity index (χ2v) is 9.82. The summed E-state index contributed by atoms with van der Waals surface area (Å²) in [5, 5.41) is 9.19. The van der Waals surface area contributed by atoms with E-state index in [4.69, 9.17) is 9.47 Å².